The average molecular weight is 442 g/mol. The topological polar surface area (TPSA) is 82.1 Å². The van der Waals surface area contributed by atoms with Crippen LogP contribution in [0.3, 0.4) is 0 Å². The quantitative estimate of drug-likeness (QED) is 0.678. The highest BCUT2D eigenvalue weighted by atomic mass is 32.2. The molecule has 1 atom stereocenters. The van der Waals surface area contributed by atoms with Crippen molar-refractivity contribution in [1.29, 1.82) is 0 Å². The summed E-state index contributed by atoms with van der Waals surface area (Å²) in [7, 11) is -1.37. The number of sulfone groups is 1. The van der Waals surface area contributed by atoms with Gasteiger partial charge < -0.3 is 14.2 Å². The summed E-state index contributed by atoms with van der Waals surface area (Å²) in [5, 5.41) is 0. The van der Waals surface area contributed by atoms with Crippen LogP contribution >= 0.6 is 0 Å². The zero-order chi connectivity index (χ0) is 21.8. The fraction of sp³-hybridized carbons (Fsp3) is 0.348. The number of hydrogen-bond acceptors (Lipinski definition) is 7. The lowest BCUT2D eigenvalue weighted by atomic mass is 9.99. The first-order valence-corrected chi connectivity index (χ1v) is 12.0. The minimum atomic E-state index is -2.98. The first-order chi connectivity index (χ1) is 14.8. The van der Waals surface area contributed by atoms with Gasteiger partial charge in [-0.05, 0) is 43.2 Å². The summed E-state index contributed by atoms with van der Waals surface area (Å²) in [6, 6.07) is 9.15. The maximum Gasteiger partial charge on any atom is 0.231 e. The fourth-order valence-corrected chi connectivity index (χ4v) is 6.18. The first kappa shape index (κ1) is 20.1. The molecule has 1 fully saturated rings. The minimum Gasteiger partial charge on any atom is -0.497 e. The molecule has 3 aliphatic rings. The summed E-state index contributed by atoms with van der Waals surface area (Å²) in [5.74, 6) is 2.46. The Morgan fingerprint density at radius 1 is 1.19 bits per heavy atom. The SMILES string of the molecule is COc1ccc(/C=C2\Oc3c(cc4c(c3C)OCN(C3CCS(=O)(=O)C3)C4)C2=O)cc1. The number of carbonyl (C=O) groups is 1. The van der Waals surface area contributed by atoms with Crippen LogP contribution in [0.4, 0.5) is 0 Å². The molecule has 0 N–H and O–H groups in total. The molecule has 0 spiro atoms. The van der Waals surface area contributed by atoms with Gasteiger partial charge in [-0.15, -0.1) is 0 Å². The van der Waals surface area contributed by atoms with E-state index >= 15 is 0 Å². The maximum atomic E-state index is 13.0. The molecule has 0 radical (unpaired) electrons. The van der Waals surface area contributed by atoms with Crippen LogP contribution < -0.4 is 14.2 Å². The zero-order valence-corrected chi connectivity index (χ0v) is 18.2. The van der Waals surface area contributed by atoms with Crippen LogP contribution in [0.5, 0.6) is 17.2 Å². The number of Topliss-reactive ketones (excluding diaryl/α,β-unsaturated/α-hetero) is 1. The number of carbonyl (C=O) groups excluding carboxylic acids is 1. The van der Waals surface area contributed by atoms with E-state index in [0.717, 1.165) is 22.4 Å². The zero-order valence-electron chi connectivity index (χ0n) is 17.4. The van der Waals surface area contributed by atoms with Crippen molar-refractivity contribution in [3.8, 4) is 17.2 Å². The molecule has 1 saturated heterocycles. The van der Waals surface area contributed by atoms with Crippen molar-refractivity contribution in [2.75, 3.05) is 25.3 Å². The summed E-state index contributed by atoms with van der Waals surface area (Å²) >= 11 is 0. The number of rotatable bonds is 3. The number of ether oxygens (including phenoxy) is 3. The first-order valence-electron chi connectivity index (χ1n) is 10.2. The van der Waals surface area contributed by atoms with Crippen molar-refractivity contribution in [2.24, 2.45) is 0 Å². The monoisotopic (exact) mass is 441 g/mol. The van der Waals surface area contributed by atoms with Gasteiger partial charge in [-0.1, -0.05) is 12.1 Å². The van der Waals surface area contributed by atoms with Gasteiger partial charge in [0, 0.05) is 23.7 Å². The molecule has 162 valence electrons. The number of hydrogen-bond donors (Lipinski definition) is 0. The molecule has 2 aromatic rings. The van der Waals surface area contributed by atoms with Gasteiger partial charge in [0.15, 0.2) is 15.6 Å². The molecule has 3 aliphatic heterocycles. The lowest BCUT2D eigenvalue weighted by molar-refractivity contribution is 0.0637. The van der Waals surface area contributed by atoms with Crippen LogP contribution in [0.25, 0.3) is 6.08 Å². The van der Waals surface area contributed by atoms with Crippen molar-refractivity contribution in [3.05, 3.63) is 58.3 Å². The average Bonchev–Trinajstić information content (AvgIpc) is 3.28. The van der Waals surface area contributed by atoms with E-state index in [1.54, 1.807) is 13.2 Å². The molecule has 2 aromatic carbocycles. The van der Waals surface area contributed by atoms with Gasteiger partial charge in [0.25, 0.3) is 0 Å². The molecular formula is C23H23NO6S. The standard InChI is InChI=1S/C23H23NO6S/c1-14-22-16(11-24(13-29-22)17-7-8-31(26,27)12-17)10-19-21(25)20(30-23(14)19)9-15-3-5-18(28-2)6-4-15/h3-6,9-10,17H,7-8,11-13H2,1-2H3/b20-9-. The number of allylic oxidation sites excluding steroid dienone is 1. The van der Waals surface area contributed by atoms with E-state index in [1.165, 1.54) is 0 Å². The third-order valence-corrected chi connectivity index (χ3v) is 7.85. The number of nitrogens with zero attached hydrogens (tertiary/aromatic N) is 1. The lowest BCUT2D eigenvalue weighted by Gasteiger charge is -2.33. The Labute approximate surface area is 181 Å². The predicted molar refractivity (Wildman–Crippen MR) is 115 cm³/mol. The highest BCUT2D eigenvalue weighted by Crippen LogP contribution is 2.43. The van der Waals surface area contributed by atoms with E-state index in [-0.39, 0.29) is 29.1 Å². The Kier molecular flexibility index (Phi) is 4.79. The van der Waals surface area contributed by atoms with Gasteiger partial charge in [0.2, 0.25) is 5.78 Å². The summed E-state index contributed by atoms with van der Waals surface area (Å²) in [6.45, 7) is 2.76. The smallest absolute Gasteiger partial charge is 0.231 e. The second-order valence-corrected chi connectivity index (χ2v) is 10.4. The summed E-state index contributed by atoms with van der Waals surface area (Å²) in [5.41, 5.74) is 3.02. The Morgan fingerprint density at radius 2 is 1.97 bits per heavy atom. The molecular weight excluding hydrogens is 418 g/mol. The molecule has 3 heterocycles. The van der Waals surface area contributed by atoms with Gasteiger partial charge in [0.05, 0.1) is 24.2 Å². The number of benzene rings is 2. The molecule has 0 aromatic heterocycles. The number of methoxy groups -OCH3 is 1. The number of ketones is 1. The highest BCUT2D eigenvalue weighted by Gasteiger charge is 2.37. The van der Waals surface area contributed by atoms with Crippen molar-refractivity contribution in [3.63, 3.8) is 0 Å². The van der Waals surface area contributed by atoms with Crippen LogP contribution in [0.2, 0.25) is 0 Å². The second kappa shape index (κ2) is 7.39. The molecule has 5 rings (SSSR count). The summed E-state index contributed by atoms with van der Waals surface area (Å²) in [6.07, 6.45) is 2.33. The molecule has 0 saturated carbocycles. The van der Waals surface area contributed by atoms with Crippen LogP contribution in [0.1, 0.15) is 33.5 Å². The van der Waals surface area contributed by atoms with Crippen molar-refractivity contribution in [2.45, 2.75) is 25.9 Å². The Bertz CT molecular complexity index is 1200. The van der Waals surface area contributed by atoms with Gasteiger partial charge in [-0.2, -0.15) is 0 Å². The Balaban J connectivity index is 1.43. The molecule has 7 nitrogen and oxygen atoms in total. The molecule has 8 heteroatoms. The van der Waals surface area contributed by atoms with Gasteiger partial charge in [-0.3, -0.25) is 9.69 Å². The summed E-state index contributed by atoms with van der Waals surface area (Å²) < 4.78 is 40.8. The summed E-state index contributed by atoms with van der Waals surface area (Å²) in [4.78, 5) is 15.1. The number of fused-ring (bicyclic) bond motifs is 2. The van der Waals surface area contributed by atoms with E-state index in [2.05, 4.69) is 0 Å². The normalized spacial score (nSPS) is 23.2. The second-order valence-electron chi connectivity index (χ2n) is 8.16. The Hall–Kier alpha value is -2.84. The molecule has 1 unspecified atom stereocenters. The third kappa shape index (κ3) is 3.59. The van der Waals surface area contributed by atoms with E-state index in [1.807, 2.05) is 42.2 Å². The van der Waals surface area contributed by atoms with Crippen LogP contribution in [-0.4, -0.2) is 50.5 Å². The van der Waals surface area contributed by atoms with E-state index in [9.17, 15) is 13.2 Å². The van der Waals surface area contributed by atoms with Gasteiger partial charge in [-0.25, -0.2) is 8.42 Å². The largest absolute Gasteiger partial charge is 0.497 e. The van der Waals surface area contributed by atoms with E-state index in [4.69, 9.17) is 14.2 Å². The molecule has 0 bridgehead atoms. The van der Waals surface area contributed by atoms with E-state index in [0.29, 0.717) is 36.8 Å². The highest BCUT2D eigenvalue weighted by molar-refractivity contribution is 7.91. The van der Waals surface area contributed by atoms with Crippen LogP contribution in [0, 0.1) is 6.92 Å². The van der Waals surface area contributed by atoms with E-state index < -0.39 is 9.84 Å². The van der Waals surface area contributed by atoms with Crippen molar-refractivity contribution < 1.29 is 27.4 Å². The fourth-order valence-electron chi connectivity index (χ4n) is 4.42. The van der Waals surface area contributed by atoms with Crippen LogP contribution in [0.15, 0.2) is 36.1 Å². The van der Waals surface area contributed by atoms with Crippen molar-refractivity contribution >= 4 is 21.7 Å². The third-order valence-electron chi connectivity index (χ3n) is 6.10. The van der Waals surface area contributed by atoms with Crippen molar-refractivity contribution in [1.82, 2.24) is 4.90 Å². The van der Waals surface area contributed by atoms with Gasteiger partial charge >= 0.3 is 0 Å². The molecule has 0 aliphatic carbocycles. The predicted octanol–water partition coefficient (Wildman–Crippen LogP) is 2.96. The molecule has 0 amide bonds. The maximum absolute atomic E-state index is 13.0. The molecule has 31 heavy (non-hydrogen) atoms. The Morgan fingerprint density at radius 3 is 2.65 bits per heavy atom. The van der Waals surface area contributed by atoms with Crippen LogP contribution in [-0.2, 0) is 16.4 Å². The minimum absolute atomic E-state index is 0.0517. The van der Waals surface area contributed by atoms with Gasteiger partial charge in [0.1, 0.15) is 24.0 Å². The lowest BCUT2D eigenvalue weighted by Crippen LogP contribution is -2.41.